The largest absolute Gasteiger partial charge is 0.497 e. The molecule has 1 aromatic carbocycles. The summed E-state index contributed by atoms with van der Waals surface area (Å²) in [5.74, 6) is 2.33. The van der Waals surface area contributed by atoms with E-state index in [1.54, 1.807) is 7.11 Å². The smallest absolute Gasteiger partial charge is 0.226 e. The van der Waals surface area contributed by atoms with Crippen LogP contribution in [0, 0.1) is 0 Å². The van der Waals surface area contributed by atoms with Gasteiger partial charge in [-0.15, -0.1) is 0 Å². The number of hydrogen-bond donors (Lipinski definition) is 2. The molecule has 7 heteroatoms. The third-order valence-electron chi connectivity index (χ3n) is 5.59. The minimum Gasteiger partial charge on any atom is -0.497 e. The number of rotatable bonds is 8. The van der Waals surface area contributed by atoms with Gasteiger partial charge in [-0.2, -0.15) is 9.97 Å². The maximum atomic E-state index is 5.23. The molecule has 1 aliphatic carbocycles. The minimum atomic E-state index is 0.491. The summed E-state index contributed by atoms with van der Waals surface area (Å²) in [5.41, 5.74) is 3.03. The van der Waals surface area contributed by atoms with Crippen LogP contribution in [0.2, 0.25) is 0 Å². The topological polar surface area (TPSA) is 76.9 Å². The Morgan fingerprint density at radius 1 is 1.07 bits per heavy atom. The second kappa shape index (κ2) is 9.11. The van der Waals surface area contributed by atoms with E-state index in [0.29, 0.717) is 12.0 Å². The number of methoxy groups -OCH3 is 1. The first-order valence-electron chi connectivity index (χ1n) is 10.6. The first-order valence-corrected chi connectivity index (χ1v) is 10.6. The van der Waals surface area contributed by atoms with Crippen LogP contribution in [0.5, 0.6) is 5.75 Å². The van der Waals surface area contributed by atoms with Crippen LogP contribution in [0.4, 0.5) is 11.8 Å². The zero-order chi connectivity index (χ0) is 20.1. The molecule has 2 N–H and O–H groups in total. The van der Waals surface area contributed by atoms with Gasteiger partial charge < -0.3 is 19.9 Å². The second-order valence-electron chi connectivity index (χ2n) is 7.57. The summed E-state index contributed by atoms with van der Waals surface area (Å²) in [6.45, 7) is 3.62. The van der Waals surface area contributed by atoms with Gasteiger partial charge in [0.05, 0.1) is 13.4 Å². The first-order chi connectivity index (χ1) is 14.3. The minimum absolute atomic E-state index is 0.491. The predicted molar refractivity (Wildman–Crippen MR) is 117 cm³/mol. The van der Waals surface area contributed by atoms with E-state index in [1.165, 1.54) is 37.7 Å². The number of aromatic nitrogens is 4. The van der Waals surface area contributed by atoms with Crippen molar-refractivity contribution in [2.45, 2.75) is 51.5 Å². The number of hydrogen-bond acceptors (Lipinski definition) is 6. The molecule has 0 bridgehead atoms. The molecule has 0 unspecified atom stereocenters. The summed E-state index contributed by atoms with van der Waals surface area (Å²) in [7, 11) is 1.69. The number of nitrogens with zero attached hydrogens (tertiary/aromatic N) is 4. The van der Waals surface area contributed by atoms with E-state index >= 15 is 0 Å². The lowest BCUT2D eigenvalue weighted by Crippen LogP contribution is -2.14. The summed E-state index contributed by atoms with van der Waals surface area (Å²) >= 11 is 0. The molecule has 0 atom stereocenters. The Balaban J connectivity index is 1.54. The Morgan fingerprint density at radius 2 is 1.86 bits per heavy atom. The molecule has 3 aromatic rings. The zero-order valence-corrected chi connectivity index (χ0v) is 17.3. The van der Waals surface area contributed by atoms with Crippen molar-refractivity contribution in [1.82, 2.24) is 19.5 Å². The fraction of sp³-hybridized carbons (Fsp3) is 0.500. The molecule has 1 saturated carbocycles. The maximum Gasteiger partial charge on any atom is 0.226 e. The van der Waals surface area contributed by atoms with Crippen molar-refractivity contribution < 1.29 is 4.74 Å². The number of anilines is 2. The summed E-state index contributed by atoms with van der Waals surface area (Å²) in [5, 5.41) is 6.75. The molecule has 1 fully saturated rings. The molecular weight excluding hydrogens is 364 g/mol. The van der Waals surface area contributed by atoms with Crippen molar-refractivity contribution in [2.24, 2.45) is 0 Å². The molecule has 2 heterocycles. The molecule has 0 saturated heterocycles. The van der Waals surface area contributed by atoms with Gasteiger partial charge in [-0.3, -0.25) is 0 Å². The number of ether oxygens (including phenoxy) is 1. The van der Waals surface area contributed by atoms with Crippen LogP contribution in [-0.2, 0) is 6.42 Å². The average Bonchev–Trinajstić information content (AvgIpc) is 3.19. The van der Waals surface area contributed by atoms with Gasteiger partial charge in [0.25, 0.3) is 0 Å². The molecule has 0 spiro atoms. The number of nitrogens with one attached hydrogen (secondary N) is 2. The molecule has 1 aliphatic rings. The molecule has 7 nitrogen and oxygen atoms in total. The highest BCUT2D eigenvalue weighted by atomic mass is 16.5. The van der Waals surface area contributed by atoms with E-state index in [2.05, 4.69) is 44.2 Å². The Hall–Kier alpha value is -2.83. The highest BCUT2D eigenvalue weighted by molar-refractivity contribution is 5.84. The summed E-state index contributed by atoms with van der Waals surface area (Å²) < 4.78 is 7.49. The first kappa shape index (κ1) is 19.5. The van der Waals surface area contributed by atoms with Crippen LogP contribution in [0.15, 0.2) is 30.6 Å². The fourth-order valence-electron chi connectivity index (χ4n) is 4.02. The zero-order valence-electron chi connectivity index (χ0n) is 17.3. The predicted octanol–water partition coefficient (Wildman–Crippen LogP) is 4.43. The van der Waals surface area contributed by atoms with Crippen molar-refractivity contribution >= 4 is 22.9 Å². The van der Waals surface area contributed by atoms with Crippen LogP contribution in [0.3, 0.4) is 0 Å². The lowest BCUT2D eigenvalue weighted by molar-refractivity contribution is 0.358. The summed E-state index contributed by atoms with van der Waals surface area (Å²) in [6, 6.07) is 8.67. The number of fused-ring (bicyclic) bond motifs is 1. The van der Waals surface area contributed by atoms with Gasteiger partial charge in [-0.25, -0.2) is 4.98 Å². The van der Waals surface area contributed by atoms with E-state index in [0.717, 1.165) is 42.2 Å². The van der Waals surface area contributed by atoms with E-state index in [9.17, 15) is 0 Å². The van der Waals surface area contributed by atoms with Crippen molar-refractivity contribution in [3.8, 4) is 5.75 Å². The Bertz CT molecular complexity index is 930. The molecule has 29 heavy (non-hydrogen) atoms. The van der Waals surface area contributed by atoms with Crippen LogP contribution in [0.1, 0.15) is 50.6 Å². The van der Waals surface area contributed by atoms with E-state index in [1.807, 2.05) is 18.5 Å². The summed E-state index contributed by atoms with van der Waals surface area (Å²) in [4.78, 5) is 14.1. The lowest BCUT2D eigenvalue weighted by Gasteiger charge is -2.23. The van der Waals surface area contributed by atoms with Crippen molar-refractivity contribution in [2.75, 3.05) is 30.8 Å². The monoisotopic (exact) mass is 394 g/mol. The molecule has 4 rings (SSSR count). The third-order valence-corrected chi connectivity index (χ3v) is 5.59. The summed E-state index contributed by atoms with van der Waals surface area (Å²) in [6.07, 6.45) is 9.14. The highest BCUT2D eigenvalue weighted by Gasteiger charge is 2.20. The number of imidazole rings is 1. The van der Waals surface area contributed by atoms with Crippen LogP contribution >= 0.6 is 0 Å². The van der Waals surface area contributed by atoms with Crippen LogP contribution in [0.25, 0.3) is 11.2 Å². The molecule has 0 radical (unpaired) electrons. The van der Waals surface area contributed by atoms with E-state index < -0.39 is 0 Å². The fourth-order valence-corrected chi connectivity index (χ4v) is 4.02. The quantitative estimate of drug-likeness (QED) is 0.589. The van der Waals surface area contributed by atoms with Gasteiger partial charge in [0, 0.05) is 19.1 Å². The molecule has 0 amide bonds. The second-order valence-corrected chi connectivity index (χ2v) is 7.57. The standard InChI is InChI=1S/C22H30N6O/c1-3-23-22-26-20(24-14-13-16-9-11-18(29-2)12-10-16)19-21(27-22)28(15-25-19)17-7-5-4-6-8-17/h9-12,15,17H,3-8,13-14H2,1-2H3,(H2,23,24,26,27). The van der Waals surface area contributed by atoms with Crippen molar-refractivity contribution in [1.29, 1.82) is 0 Å². The van der Waals surface area contributed by atoms with E-state index in [-0.39, 0.29) is 0 Å². The van der Waals surface area contributed by atoms with Gasteiger partial charge in [0.15, 0.2) is 17.0 Å². The Labute approximate surface area is 171 Å². The lowest BCUT2D eigenvalue weighted by atomic mass is 9.95. The molecule has 0 aliphatic heterocycles. The van der Waals surface area contributed by atoms with Gasteiger partial charge in [-0.05, 0) is 43.9 Å². The van der Waals surface area contributed by atoms with Crippen molar-refractivity contribution in [3.63, 3.8) is 0 Å². The Kier molecular flexibility index (Phi) is 6.12. The van der Waals surface area contributed by atoms with Gasteiger partial charge in [0.1, 0.15) is 5.75 Å². The molecule has 2 aromatic heterocycles. The molecule has 154 valence electrons. The van der Waals surface area contributed by atoms with Crippen molar-refractivity contribution in [3.05, 3.63) is 36.2 Å². The molecular formula is C22H30N6O. The third kappa shape index (κ3) is 4.44. The van der Waals surface area contributed by atoms with Crippen LogP contribution in [-0.4, -0.2) is 39.7 Å². The van der Waals surface area contributed by atoms with Gasteiger partial charge in [-0.1, -0.05) is 31.4 Å². The van der Waals surface area contributed by atoms with Gasteiger partial charge >= 0.3 is 0 Å². The number of benzene rings is 1. The average molecular weight is 395 g/mol. The van der Waals surface area contributed by atoms with Gasteiger partial charge in [0.2, 0.25) is 5.95 Å². The highest BCUT2D eigenvalue weighted by Crippen LogP contribution is 2.32. The van der Waals surface area contributed by atoms with Crippen LogP contribution < -0.4 is 15.4 Å². The SMILES string of the molecule is CCNc1nc(NCCc2ccc(OC)cc2)c2ncn(C3CCCCC3)c2n1. The Morgan fingerprint density at radius 3 is 2.59 bits per heavy atom. The van der Waals surface area contributed by atoms with E-state index in [4.69, 9.17) is 9.72 Å². The normalized spacial score (nSPS) is 14.8. The maximum absolute atomic E-state index is 5.23.